The lowest BCUT2D eigenvalue weighted by molar-refractivity contribution is -0.141. The SMILES string of the molecule is COc1cc2c(cc1OC)[C@@H](COc1ccc(F)cc1)N(C(=O)[C@@H](C)Oc1ccccc1)CC2. The molecule has 3 aromatic carbocycles. The van der Waals surface area contributed by atoms with Gasteiger partial charge in [0, 0.05) is 6.54 Å². The lowest BCUT2D eigenvalue weighted by atomic mass is 9.91. The quantitative estimate of drug-likeness (QED) is 0.478. The molecular formula is C27H28FNO5. The van der Waals surface area contributed by atoms with Gasteiger partial charge in [0.05, 0.1) is 20.3 Å². The maximum absolute atomic E-state index is 13.5. The first-order chi connectivity index (χ1) is 16.5. The first kappa shape index (κ1) is 23.4. The van der Waals surface area contributed by atoms with Crippen LogP contribution in [0, 0.1) is 5.82 Å². The van der Waals surface area contributed by atoms with Crippen LogP contribution in [0.15, 0.2) is 66.7 Å². The van der Waals surface area contributed by atoms with E-state index in [9.17, 15) is 9.18 Å². The normalized spacial score (nSPS) is 15.8. The highest BCUT2D eigenvalue weighted by molar-refractivity contribution is 5.82. The topological polar surface area (TPSA) is 57.2 Å². The third-order valence-corrected chi connectivity index (χ3v) is 5.91. The number of carbonyl (C=O) groups is 1. The third kappa shape index (κ3) is 5.09. The Labute approximate surface area is 198 Å². The number of fused-ring (bicyclic) bond motifs is 1. The molecule has 4 rings (SSSR count). The molecule has 0 aliphatic carbocycles. The number of rotatable bonds is 8. The first-order valence-electron chi connectivity index (χ1n) is 11.2. The summed E-state index contributed by atoms with van der Waals surface area (Å²) in [6, 6.07) is 18.6. The van der Waals surface area contributed by atoms with Gasteiger partial charge < -0.3 is 23.8 Å². The monoisotopic (exact) mass is 465 g/mol. The average molecular weight is 466 g/mol. The minimum Gasteiger partial charge on any atom is -0.493 e. The van der Waals surface area contributed by atoms with Crippen molar-refractivity contribution in [1.29, 1.82) is 0 Å². The zero-order valence-corrected chi connectivity index (χ0v) is 19.5. The summed E-state index contributed by atoms with van der Waals surface area (Å²) in [6.45, 7) is 2.44. The fraction of sp³-hybridized carbons (Fsp3) is 0.296. The van der Waals surface area contributed by atoms with E-state index in [2.05, 4.69) is 0 Å². The molecule has 0 radical (unpaired) electrons. The smallest absolute Gasteiger partial charge is 0.263 e. The van der Waals surface area contributed by atoms with Crippen molar-refractivity contribution >= 4 is 5.91 Å². The highest BCUT2D eigenvalue weighted by Gasteiger charge is 2.35. The average Bonchev–Trinajstić information content (AvgIpc) is 2.87. The minimum atomic E-state index is -0.683. The van der Waals surface area contributed by atoms with Crippen molar-refractivity contribution in [3.05, 3.63) is 83.7 Å². The van der Waals surface area contributed by atoms with Gasteiger partial charge in [-0.2, -0.15) is 0 Å². The van der Waals surface area contributed by atoms with E-state index in [1.807, 2.05) is 42.5 Å². The Morgan fingerprint density at radius 1 is 1.00 bits per heavy atom. The van der Waals surface area contributed by atoms with E-state index in [1.165, 1.54) is 12.1 Å². The van der Waals surface area contributed by atoms with Crippen LogP contribution in [-0.4, -0.2) is 44.3 Å². The predicted octanol–water partition coefficient (Wildman–Crippen LogP) is 4.82. The Morgan fingerprint density at radius 3 is 2.35 bits per heavy atom. The Balaban J connectivity index is 1.62. The fourth-order valence-electron chi connectivity index (χ4n) is 4.16. The van der Waals surface area contributed by atoms with Gasteiger partial charge in [-0.15, -0.1) is 0 Å². The van der Waals surface area contributed by atoms with Gasteiger partial charge in [0.2, 0.25) is 0 Å². The van der Waals surface area contributed by atoms with Crippen LogP contribution in [0.3, 0.4) is 0 Å². The number of para-hydroxylation sites is 1. The summed E-state index contributed by atoms with van der Waals surface area (Å²) in [7, 11) is 3.18. The predicted molar refractivity (Wildman–Crippen MR) is 126 cm³/mol. The van der Waals surface area contributed by atoms with E-state index >= 15 is 0 Å². The van der Waals surface area contributed by atoms with Crippen LogP contribution in [0.25, 0.3) is 0 Å². The number of benzene rings is 3. The summed E-state index contributed by atoms with van der Waals surface area (Å²) in [5.74, 6) is 1.89. The molecule has 0 N–H and O–H groups in total. The van der Waals surface area contributed by atoms with Gasteiger partial charge in [0.25, 0.3) is 5.91 Å². The molecule has 1 heterocycles. The molecule has 1 aliphatic heterocycles. The third-order valence-electron chi connectivity index (χ3n) is 5.91. The summed E-state index contributed by atoms with van der Waals surface area (Å²) in [6.07, 6.45) is -0.0237. The molecule has 0 spiro atoms. The maximum atomic E-state index is 13.5. The van der Waals surface area contributed by atoms with Gasteiger partial charge in [-0.3, -0.25) is 4.79 Å². The van der Waals surface area contributed by atoms with Crippen molar-refractivity contribution in [1.82, 2.24) is 4.90 Å². The Hall–Kier alpha value is -3.74. The van der Waals surface area contributed by atoms with Gasteiger partial charge in [-0.1, -0.05) is 18.2 Å². The van der Waals surface area contributed by atoms with Gasteiger partial charge in [0.15, 0.2) is 17.6 Å². The molecule has 3 aromatic rings. The first-order valence-corrected chi connectivity index (χ1v) is 11.2. The van der Waals surface area contributed by atoms with Gasteiger partial charge in [-0.05, 0) is 73.0 Å². The Morgan fingerprint density at radius 2 is 1.68 bits per heavy atom. The van der Waals surface area contributed by atoms with Crippen LogP contribution in [0.5, 0.6) is 23.0 Å². The van der Waals surface area contributed by atoms with Crippen LogP contribution in [0.2, 0.25) is 0 Å². The van der Waals surface area contributed by atoms with Crippen LogP contribution in [0.4, 0.5) is 4.39 Å². The number of methoxy groups -OCH3 is 2. The van der Waals surface area contributed by atoms with Crippen molar-refractivity contribution in [3.63, 3.8) is 0 Å². The Kier molecular flexibility index (Phi) is 7.21. The molecule has 6 nitrogen and oxygen atoms in total. The van der Waals surface area contributed by atoms with Gasteiger partial charge in [-0.25, -0.2) is 4.39 Å². The lowest BCUT2D eigenvalue weighted by Gasteiger charge is -2.38. The van der Waals surface area contributed by atoms with Gasteiger partial charge in [0.1, 0.15) is 23.9 Å². The van der Waals surface area contributed by atoms with E-state index in [-0.39, 0.29) is 24.4 Å². The molecular weight excluding hydrogens is 437 g/mol. The van der Waals surface area contributed by atoms with Crippen LogP contribution < -0.4 is 18.9 Å². The molecule has 2 atom stereocenters. The Bertz CT molecular complexity index is 1120. The molecule has 0 aromatic heterocycles. The summed E-state index contributed by atoms with van der Waals surface area (Å²) >= 11 is 0. The molecule has 0 saturated heterocycles. The summed E-state index contributed by atoms with van der Waals surface area (Å²) in [4.78, 5) is 15.3. The number of nitrogens with zero attached hydrogens (tertiary/aromatic N) is 1. The van der Waals surface area contributed by atoms with Gasteiger partial charge >= 0.3 is 0 Å². The minimum absolute atomic E-state index is 0.142. The summed E-state index contributed by atoms with van der Waals surface area (Å²) < 4.78 is 36.2. The van der Waals surface area contributed by atoms with Crippen molar-refractivity contribution in [2.24, 2.45) is 0 Å². The van der Waals surface area contributed by atoms with Crippen molar-refractivity contribution in [2.75, 3.05) is 27.4 Å². The molecule has 0 saturated carbocycles. The van der Waals surface area contributed by atoms with E-state index in [4.69, 9.17) is 18.9 Å². The second-order valence-corrected chi connectivity index (χ2v) is 8.04. The number of halogens is 1. The molecule has 7 heteroatoms. The highest BCUT2D eigenvalue weighted by atomic mass is 19.1. The highest BCUT2D eigenvalue weighted by Crippen LogP contribution is 2.38. The molecule has 0 fully saturated rings. The molecule has 178 valence electrons. The second-order valence-electron chi connectivity index (χ2n) is 8.04. The number of hydrogen-bond acceptors (Lipinski definition) is 5. The van der Waals surface area contributed by atoms with E-state index in [0.29, 0.717) is 36.0 Å². The van der Waals surface area contributed by atoms with E-state index in [0.717, 1.165) is 11.1 Å². The molecule has 0 bridgehead atoms. The number of ether oxygens (including phenoxy) is 4. The van der Waals surface area contributed by atoms with E-state index < -0.39 is 6.10 Å². The van der Waals surface area contributed by atoms with Crippen LogP contribution >= 0.6 is 0 Å². The fourth-order valence-corrected chi connectivity index (χ4v) is 4.16. The number of carbonyl (C=O) groups excluding carboxylic acids is 1. The zero-order valence-electron chi connectivity index (χ0n) is 19.5. The second kappa shape index (κ2) is 10.5. The largest absolute Gasteiger partial charge is 0.493 e. The maximum Gasteiger partial charge on any atom is 0.263 e. The number of amides is 1. The summed E-state index contributed by atoms with van der Waals surface area (Å²) in [5.41, 5.74) is 1.98. The molecule has 1 amide bonds. The van der Waals surface area contributed by atoms with Crippen LogP contribution in [-0.2, 0) is 11.2 Å². The summed E-state index contributed by atoms with van der Waals surface area (Å²) in [5, 5.41) is 0. The zero-order chi connectivity index (χ0) is 24.1. The number of hydrogen-bond donors (Lipinski definition) is 0. The standard InChI is InChI=1S/C27H28FNO5/c1-18(34-22-7-5-4-6-8-22)27(30)29-14-13-19-15-25(31-2)26(32-3)16-23(19)24(29)17-33-21-11-9-20(28)10-12-21/h4-12,15-16,18,24H,13-14,17H2,1-3H3/t18-,24-/m1/s1. The molecule has 1 aliphatic rings. The van der Waals surface area contributed by atoms with Crippen molar-refractivity contribution in [3.8, 4) is 23.0 Å². The lowest BCUT2D eigenvalue weighted by Crippen LogP contribution is -2.47. The molecule has 34 heavy (non-hydrogen) atoms. The molecule has 0 unspecified atom stereocenters. The van der Waals surface area contributed by atoms with Crippen molar-refractivity contribution in [2.45, 2.75) is 25.5 Å². The van der Waals surface area contributed by atoms with Crippen molar-refractivity contribution < 1.29 is 28.1 Å². The van der Waals surface area contributed by atoms with Crippen LogP contribution in [0.1, 0.15) is 24.1 Å². The van der Waals surface area contributed by atoms with E-state index in [1.54, 1.807) is 38.2 Å².